The van der Waals surface area contributed by atoms with Gasteiger partial charge < -0.3 is 11.1 Å². The van der Waals surface area contributed by atoms with Crippen LogP contribution < -0.4 is 11.1 Å². The summed E-state index contributed by atoms with van der Waals surface area (Å²) in [6.45, 7) is 1.99. The number of amides is 1. The first-order valence-electron chi connectivity index (χ1n) is 6.41. The summed E-state index contributed by atoms with van der Waals surface area (Å²) in [6.07, 6.45) is 0.762. The summed E-state index contributed by atoms with van der Waals surface area (Å²) in [5, 5.41) is 16.2. The number of rotatable bonds is 6. The van der Waals surface area contributed by atoms with E-state index in [2.05, 4.69) is 5.32 Å². The van der Waals surface area contributed by atoms with Crippen molar-refractivity contribution in [2.75, 3.05) is 5.32 Å². The van der Waals surface area contributed by atoms with Crippen LogP contribution in [0.3, 0.4) is 0 Å². The van der Waals surface area contributed by atoms with Crippen LogP contribution in [-0.2, 0) is 0 Å². The van der Waals surface area contributed by atoms with Crippen LogP contribution in [0.4, 0.5) is 11.4 Å². The fourth-order valence-corrected chi connectivity index (χ4v) is 2.88. The van der Waals surface area contributed by atoms with Crippen LogP contribution in [0.5, 0.6) is 0 Å². The summed E-state index contributed by atoms with van der Waals surface area (Å²) in [6, 6.07) is 7.93. The molecule has 0 fully saturated rings. The largest absolute Gasteiger partial charge is 0.372 e. The highest BCUT2D eigenvalue weighted by Crippen LogP contribution is 2.32. The van der Waals surface area contributed by atoms with Crippen molar-refractivity contribution in [3.63, 3.8) is 0 Å². The molecule has 1 atom stereocenters. The Morgan fingerprint density at radius 1 is 1.48 bits per heavy atom. The molecule has 1 unspecified atom stereocenters. The number of carbonyl (C=O) groups excluding carboxylic acids is 1. The van der Waals surface area contributed by atoms with E-state index in [4.69, 9.17) is 5.73 Å². The highest BCUT2D eigenvalue weighted by Gasteiger charge is 2.19. The molecule has 0 bridgehead atoms. The smallest absolute Gasteiger partial charge is 0.292 e. The van der Waals surface area contributed by atoms with Crippen LogP contribution in [0.25, 0.3) is 0 Å². The Balaban J connectivity index is 2.38. The van der Waals surface area contributed by atoms with Gasteiger partial charge >= 0.3 is 0 Å². The number of benzene rings is 1. The summed E-state index contributed by atoms with van der Waals surface area (Å²) in [5.74, 6) is -0.614. The molecule has 0 spiro atoms. The Labute approximate surface area is 125 Å². The Kier molecular flexibility index (Phi) is 4.54. The maximum absolute atomic E-state index is 11.2. The number of hydrogen-bond donors (Lipinski definition) is 2. The first-order chi connectivity index (χ1) is 10.0. The molecule has 110 valence electrons. The SMILES string of the molecule is CCC(Nc1cc(C(N)=O)ccc1[N+](=O)[O-])c1cccs1. The number of nitro benzene ring substituents is 1. The number of nitrogens with one attached hydrogen (secondary N) is 1. The highest BCUT2D eigenvalue weighted by atomic mass is 32.1. The molecule has 1 aromatic carbocycles. The average molecular weight is 305 g/mol. The van der Waals surface area contributed by atoms with Crippen molar-refractivity contribution in [1.29, 1.82) is 0 Å². The summed E-state index contributed by atoms with van der Waals surface area (Å²) in [4.78, 5) is 23.0. The molecule has 0 saturated carbocycles. The van der Waals surface area contributed by atoms with E-state index in [9.17, 15) is 14.9 Å². The third-order valence-corrected chi connectivity index (χ3v) is 4.09. The molecule has 6 nitrogen and oxygen atoms in total. The summed E-state index contributed by atoms with van der Waals surface area (Å²) < 4.78 is 0. The number of hydrogen-bond acceptors (Lipinski definition) is 5. The van der Waals surface area contributed by atoms with E-state index in [-0.39, 0.29) is 17.3 Å². The Morgan fingerprint density at radius 2 is 2.24 bits per heavy atom. The predicted octanol–water partition coefficient (Wildman–Crippen LogP) is 3.32. The molecular weight excluding hydrogens is 290 g/mol. The Bertz CT molecular complexity index is 655. The minimum atomic E-state index is -0.614. The first kappa shape index (κ1) is 15.0. The summed E-state index contributed by atoms with van der Waals surface area (Å²) in [5.41, 5.74) is 5.70. The minimum Gasteiger partial charge on any atom is -0.372 e. The van der Waals surface area contributed by atoms with Crippen LogP contribution in [0.15, 0.2) is 35.7 Å². The fourth-order valence-electron chi connectivity index (χ4n) is 2.02. The first-order valence-corrected chi connectivity index (χ1v) is 7.29. The van der Waals surface area contributed by atoms with E-state index in [0.717, 1.165) is 11.3 Å². The van der Waals surface area contributed by atoms with Crippen molar-refractivity contribution in [3.05, 3.63) is 56.3 Å². The van der Waals surface area contributed by atoms with Gasteiger partial charge in [-0.1, -0.05) is 13.0 Å². The van der Waals surface area contributed by atoms with Gasteiger partial charge in [0.25, 0.3) is 5.69 Å². The van der Waals surface area contributed by atoms with Crippen LogP contribution in [0, 0.1) is 10.1 Å². The van der Waals surface area contributed by atoms with Gasteiger partial charge in [0.15, 0.2) is 0 Å². The molecule has 2 rings (SSSR count). The molecule has 1 heterocycles. The molecule has 1 aromatic heterocycles. The maximum atomic E-state index is 11.2. The maximum Gasteiger partial charge on any atom is 0.292 e. The lowest BCUT2D eigenvalue weighted by Gasteiger charge is -2.17. The molecule has 0 aliphatic rings. The van der Waals surface area contributed by atoms with Gasteiger partial charge in [-0.25, -0.2) is 0 Å². The monoisotopic (exact) mass is 305 g/mol. The van der Waals surface area contributed by atoms with E-state index in [0.29, 0.717) is 5.69 Å². The lowest BCUT2D eigenvalue weighted by molar-refractivity contribution is -0.384. The number of nitrogens with two attached hydrogens (primary N) is 1. The van der Waals surface area contributed by atoms with Gasteiger partial charge in [-0.15, -0.1) is 11.3 Å². The van der Waals surface area contributed by atoms with E-state index in [1.807, 2.05) is 24.4 Å². The molecule has 21 heavy (non-hydrogen) atoms. The van der Waals surface area contributed by atoms with Gasteiger partial charge in [-0.3, -0.25) is 14.9 Å². The molecule has 0 saturated heterocycles. The van der Waals surface area contributed by atoms with Gasteiger partial charge in [-0.05, 0) is 30.0 Å². The number of nitro groups is 1. The van der Waals surface area contributed by atoms with Gasteiger partial charge in [-0.2, -0.15) is 0 Å². The van der Waals surface area contributed by atoms with Crippen molar-refractivity contribution < 1.29 is 9.72 Å². The van der Waals surface area contributed by atoms with Crippen LogP contribution in [0.1, 0.15) is 34.6 Å². The second-order valence-corrected chi connectivity index (χ2v) is 5.45. The third kappa shape index (κ3) is 3.38. The molecule has 7 heteroatoms. The van der Waals surface area contributed by atoms with E-state index < -0.39 is 10.8 Å². The van der Waals surface area contributed by atoms with Gasteiger partial charge in [0.05, 0.1) is 11.0 Å². The molecule has 1 amide bonds. The van der Waals surface area contributed by atoms with E-state index in [1.54, 1.807) is 11.3 Å². The highest BCUT2D eigenvalue weighted by molar-refractivity contribution is 7.10. The zero-order valence-electron chi connectivity index (χ0n) is 11.4. The topological polar surface area (TPSA) is 98.3 Å². The van der Waals surface area contributed by atoms with Gasteiger partial charge in [0, 0.05) is 16.5 Å². The van der Waals surface area contributed by atoms with Crippen molar-refractivity contribution in [2.24, 2.45) is 5.73 Å². The van der Waals surface area contributed by atoms with Crippen LogP contribution in [0.2, 0.25) is 0 Å². The molecule has 2 aromatic rings. The van der Waals surface area contributed by atoms with Crippen molar-refractivity contribution >= 4 is 28.6 Å². The minimum absolute atomic E-state index is 0.0492. The van der Waals surface area contributed by atoms with E-state index >= 15 is 0 Å². The molecule has 0 radical (unpaired) electrons. The third-order valence-electron chi connectivity index (χ3n) is 3.10. The number of anilines is 1. The number of thiophene rings is 1. The van der Waals surface area contributed by atoms with Crippen molar-refractivity contribution in [3.8, 4) is 0 Å². The molecular formula is C14H15N3O3S. The normalized spacial score (nSPS) is 11.9. The summed E-state index contributed by atoms with van der Waals surface area (Å²) in [7, 11) is 0. The quantitative estimate of drug-likeness (QED) is 0.631. The summed E-state index contributed by atoms with van der Waals surface area (Å²) >= 11 is 1.58. The molecule has 3 N–H and O–H groups in total. The second-order valence-electron chi connectivity index (χ2n) is 4.47. The Morgan fingerprint density at radius 3 is 2.76 bits per heavy atom. The second kappa shape index (κ2) is 6.36. The average Bonchev–Trinajstić information content (AvgIpc) is 2.98. The molecule has 0 aliphatic carbocycles. The zero-order valence-corrected chi connectivity index (χ0v) is 12.2. The van der Waals surface area contributed by atoms with Crippen molar-refractivity contribution in [2.45, 2.75) is 19.4 Å². The lowest BCUT2D eigenvalue weighted by Crippen LogP contribution is -2.14. The van der Waals surface area contributed by atoms with Gasteiger partial charge in [0.2, 0.25) is 5.91 Å². The van der Waals surface area contributed by atoms with Crippen LogP contribution in [-0.4, -0.2) is 10.8 Å². The number of nitrogens with zero attached hydrogens (tertiary/aromatic N) is 1. The standard InChI is InChI=1S/C14H15N3O3S/c1-2-10(13-4-3-7-21-13)16-11-8-9(14(15)18)5-6-12(11)17(19)20/h3-8,10,16H,2H2,1H3,(H2,15,18). The van der Waals surface area contributed by atoms with Crippen LogP contribution >= 0.6 is 11.3 Å². The van der Waals surface area contributed by atoms with E-state index in [1.165, 1.54) is 18.2 Å². The zero-order chi connectivity index (χ0) is 15.4. The fraction of sp³-hybridized carbons (Fsp3) is 0.214. The number of carbonyl (C=O) groups is 1. The van der Waals surface area contributed by atoms with Gasteiger partial charge in [0.1, 0.15) is 5.69 Å². The Hall–Kier alpha value is -2.41. The van der Waals surface area contributed by atoms with Crippen molar-refractivity contribution in [1.82, 2.24) is 0 Å². The molecule has 0 aliphatic heterocycles. The number of primary amides is 1. The predicted molar refractivity (Wildman–Crippen MR) is 82.6 cm³/mol. The lowest BCUT2D eigenvalue weighted by atomic mass is 10.1.